The third-order valence-corrected chi connectivity index (χ3v) is 10.6. The van der Waals surface area contributed by atoms with Crippen LogP contribution in [0.15, 0.2) is 48.5 Å². The van der Waals surface area contributed by atoms with Gasteiger partial charge in [0.1, 0.15) is 0 Å². The minimum atomic E-state index is 0.112. The average molecular weight is 603 g/mol. The van der Waals surface area contributed by atoms with E-state index in [1.165, 1.54) is 176 Å². The first-order valence-corrected chi connectivity index (χ1v) is 19.8. The van der Waals surface area contributed by atoms with E-state index in [4.69, 9.17) is 0 Å². The van der Waals surface area contributed by atoms with Crippen molar-refractivity contribution in [3.63, 3.8) is 0 Å². The molecule has 0 bridgehead atoms. The first-order chi connectivity index (χ1) is 21.6. The smallest absolute Gasteiger partial charge is 0.0202 e. The van der Waals surface area contributed by atoms with Crippen LogP contribution < -0.4 is 0 Å². The van der Waals surface area contributed by atoms with Crippen LogP contribution in [-0.2, 0) is 18.3 Å². The van der Waals surface area contributed by atoms with Crippen molar-refractivity contribution in [1.29, 1.82) is 0 Å². The molecule has 44 heavy (non-hydrogen) atoms. The van der Waals surface area contributed by atoms with Crippen molar-refractivity contribution in [1.82, 2.24) is 0 Å². The van der Waals surface area contributed by atoms with E-state index in [-0.39, 0.29) is 5.41 Å². The summed E-state index contributed by atoms with van der Waals surface area (Å²) in [6, 6.07) is 19.7. The summed E-state index contributed by atoms with van der Waals surface area (Å²) >= 11 is 0. The third-order valence-electron chi connectivity index (χ3n) is 10.6. The van der Waals surface area contributed by atoms with Crippen LogP contribution in [0.4, 0.5) is 0 Å². The molecule has 0 heteroatoms. The summed E-state index contributed by atoms with van der Waals surface area (Å²) in [6.07, 6.45) is 34.3. The van der Waals surface area contributed by atoms with E-state index in [9.17, 15) is 0 Å². The second kappa shape index (κ2) is 24.6. The molecular formula is C44H74. The van der Waals surface area contributed by atoms with E-state index in [1.807, 2.05) is 0 Å². The molecule has 0 aromatic heterocycles. The summed E-state index contributed by atoms with van der Waals surface area (Å²) in [4.78, 5) is 0. The van der Waals surface area contributed by atoms with E-state index in [2.05, 4.69) is 83.1 Å². The van der Waals surface area contributed by atoms with Gasteiger partial charge in [-0.3, -0.25) is 0 Å². The van der Waals surface area contributed by atoms with Crippen molar-refractivity contribution in [2.45, 2.75) is 201 Å². The van der Waals surface area contributed by atoms with E-state index >= 15 is 0 Å². The van der Waals surface area contributed by atoms with Crippen molar-refractivity contribution in [3.8, 4) is 0 Å². The molecule has 0 heterocycles. The Morgan fingerprint density at radius 2 is 0.750 bits per heavy atom. The molecule has 0 radical (unpaired) electrons. The fourth-order valence-corrected chi connectivity index (χ4v) is 7.31. The Hall–Kier alpha value is -1.56. The number of hydrogen-bond donors (Lipinski definition) is 0. The number of benzene rings is 2. The molecule has 0 fully saturated rings. The predicted molar refractivity (Wildman–Crippen MR) is 199 cm³/mol. The minimum Gasteiger partial charge on any atom is -0.0654 e. The summed E-state index contributed by atoms with van der Waals surface area (Å²) in [7, 11) is 0. The highest BCUT2D eigenvalue weighted by Crippen LogP contribution is 2.42. The molecule has 0 aliphatic heterocycles. The second-order valence-corrected chi connectivity index (χ2v) is 14.4. The van der Waals surface area contributed by atoms with Gasteiger partial charge in [-0.25, -0.2) is 0 Å². The van der Waals surface area contributed by atoms with Crippen LogP contribution in [0.25, 0.3) is 0 Å². The summed E-state index contributed by atoms with van der Waals surface area (Å²) in [5, 5.41) is 0. The molecule has 0 aliphatic carbocycles. The Balaban J connectivity index is 1.87. The molecular weight excluding hydrogens is 528 g/mol. The van der Waals surface area contributed by atoms with Crippen molar-refractivity contribution in [2.75, 3.05) is 0 Å². The van der Waals surface area contributed by atoms with Crippen molar-refractivity contribution in [3.05, 3.63) is 70.8 Å². The van der Waals surface area contributed by atoms with Gasteiger partial charge in [0, 0.05) is 5.41 Å². The zero-order valence-electron chi connectivity index (χ0n) is 30.4. The minimum absolute atomic E-state index is 0.112. The van der Waals surface area contributed by atoms with E-state index in [0.29, 0.717) is 5.92 Å². The van der Waals surface area contributed by atoms with Crippen LogP contribution in [0, 0.1) is 5.92 Å². The largest absolute Gasteiger partial charge is 0.0654 e. The average Bonchev–Trinajstić information content (AvgIpc) is 3.06. The first kappa shape index (κ1) is 38.6. The Morgan fingerprint density at radius 1 is 0.432 bits per heavy atom. The second-order valence-electron chi connectivity index (χ2n) is 14.4. The lowest BCUT2D eigenvalue weighted by Crippen LogP contribution is -2.29. The molecule has 0 saturated heterocycles. The number of hydrogen-bond acceptors (Lipinski definition) is 0. The van der Waals surface area contributed by atoms with Gasteiger partial charge in [0.25, 0.3) is 0 Å². The van der Waals surface area contributed by atoms with Gasteiger partial charge >= 0.3 is 0 Å². The predicted octanol–water partition coefficient (Wildman–Crippen LogP) is 14.7. The monoisotopic (exact) mass is 603 g/mol. The van der Waals surface area contributed by atoms with Gasteiger partial charge in [0.2, 0.25) is 0 Å². The fraction of sp³-hybridized carbons (Fsp3) is 0.727. The maximum absolute atomic E-state index is 2.48. The highest BCUT2D eigenvalue weighted by Gasteiger charge is 2.33. The Kier molecular flexibility index (Phi) is 21.6. The van der Waals surface area contributed by atoms with Crippen LogP contribution in [0.3, 0.4) is 0 Å². The Bertz CT molecular complexity index is 837. The van der Waals surface area contributed by atoms with Crippen molar-refractivity contribution >= 4 is 0 Å². The Labute approximate surface area is 276 Å². The molecule has 1 unspecified atom stereocenters. The standard InChI is InChI=1S/C44H74/c1-6-10-12-14-16-18-20-22-24-26-28-40-30-34-42(35-31-40)44(9-4,38-39(5)8-3)43-36-32-41(33-37-43)29-27-25-23-21-19-17-15-13-11-7-2/h30-37,39H,6-29,38H2,1-5H3. The lowest BCUT2D eigenvalue weighted by Gasteiger charge is -2.37. The molecule has 0 nitrogen and oxygen atoms in total. The van der Waals surface area contributed by atoms with Crippen LogP contribution in [0.2, 0.25) is 0 Å². The molecule has 0 saturated carbocycles. The number of unbranched alkanes of at least 4 members (excludes halogenated alkanes) is 18. The van der Waals surface area contributed by atoms with Gasteiger partial charge in [-0.2, -0.15) is 0 Å². The van der Waals surface area contributed by atoms with Crippen LogP contribution in [0.5, 0.6) is 0 Å². The SMILES string of the molecule is CCCCCCCCCCCCc1ccc(C(CC)(CC(C)CC)c2ccc(CCCCCCCCCCCC)cc2)cc1. The number of aryl methyl sites for hydroxylation is 2. The first-order valence-electron chi connectivity index (χ1n) is 19.8. The summed E-state index contributed by atoms with van der Waals surface area (Å²) in [5.74, 6) is 0.715. The van der Waals surface area contributed by atoms with Crippen molar-refractivity contribution < 1.29 is 0 Å². The molecule has 1 atom stereocenters. The quantitative estimate of drug-likeness (QED) is 0.0850. The van der Waals surface area contributed by atoms with Gasteiger partial charge in [-0.15, -0.1) is 0 Å². The van der Waals surface area contributed by atoms with Gasteiger partial charge in [-0.1, -0.05) is 205 Å². The van der Waals surface area contributed by atoms with Crippen LogP contribution in [0.1, 0.15) is 205 Å². The zero-order chi connectivity index (χ0) is 31.7. The summed E-state index contributed by atoms with van der Waals surface area (Å²) in [6.45, 7) is 11.8. The Morgan fingerprint density at radius 3 is 1.05 bits per heavy atom. The lowest BCUT2D eigenvalue weighted by atomic mass is 9.67. The van der Waals surface area contributed by atoms with Gasteiger partial charge < -0.3 is 0 Å². The zero-order valence-corrected chi connectivity index (χ0v) is 30.4. The third kappa shape index (κ3) is 15.1. The van der Waals surface area contributed by atoms with Crippen LogP contribution >= 0.6 is 0 Å². The molecule has 0 amide bonds. The summed E-state index contributed by atoms with van der Waals surface area (Å²) in [5.41, 5.74) is 6.20. The molecule has 0 aliphatic rings. The normalized spacial score (nSPS) is 12.6. The lowest BCUT2D eigenvalue weighted by molar-refractivity contribution is 0.361. The van der Waals surface area contributed by atoms with Gasteiger partial charge in [0.05, 0.1) is 0 Å². The van der Waals surface area contributed by atoms with E-state index in [0.717, 1.165) is 6.42 Å². The van der Waals surface area contributed by atoms with Crippen molar-refractivity contribution in [2.24, 2.45) is 5.92 Å². The van der Waals surface area contributed by atoms with Crippen LogP contribution in [-0.4, -0.2) is 0 Å². The highest BCUT2D eigenvalue weighted by molar-refractivity contribution is 5.41. The van der Waals surface area contributed by atoms with E-state index in [1.54, 1.807) is 0 Å². The molecule has 2 rings (SSSR count). The molecule has 2 aromatic carbocycles. The molecule has 2 aromatic rings. The number of rotatable bonds is 28. The van der Waals surface area contributed by atoms with Gasteiger partial charge in [0.15, 0.2) is 0 Å². The van der Waals surface area contributed by atoms with E-state index < -0.39 is 0 Å². The highest BCUT2D eigenvalue weighted by atomic mass is 14.4. The topological polar surface area (TPSA) is 0 Å². The maximum atomic E-state index is 2.48. The molecule has 0 N–H and O–H groups in total. The molecule has 250 valence electrons. The fourth-order valence-electron chi connectivity index (χ4n) is 7.31. The van der Waals surface area contributed by atoms with Gasteiger partial charge in [-0.05, 0) is 66.7 Å². The maximum Gasteiger partial charge on any atom is 0.0202 e. The molecule has 0 spiro atoms. The summed E-state index contributed by atoms with van der Waals surface area (Å²) < 4.78 is 0.